The lowest BCUT2D eigenvalue weighted by Crippen LogP contribution is -2.40. The van der Waals surface area contributed by atoms with Gasteiger partial charge in [0.2, 0.25) is 0 Å². The Balaban J connectivity index is 5.00. The summed E-state index contributed by atoms with van der Waals surface area (Å²) < 4.78 is 0. The Kier molecular flexibility index (Phi) is 9.62. The molecule has 21 heavy (non-hydrogen) atoms. The van der Waals surface area contributed by atoms with Crippen LogP contribution >= 0.6 is 0 Å². The van der Waals surface area contributed by atoms with Crippen LogP contribution in [0.5, 0.6) is 0 Å². The largest absolute Gasteiger partial charge is 0.478 e. The second kappa shape index (κ2) is 10.7. The average Bonchev–Trinajstić information content (AvgIpc) is 2.45. The van der Waals surface area contributed by atoms with Gasteiger partial charge in [-0.25, -0.2) is 9.59 Å². The van der Waals surface area contributed by atoms with E-state index in [0.29, 0.717) is 25.3 Å². The molecule has 2 amide bonds. The molecule has 0 radical (unpaired) electrons. The van der Waals surface area contributed by atoms with E-state index in [-0.39, 0.29) is 11.6 Å². The number of allylic oxidation sites excluding steroid dienone is 4. The van der Waals surface area contributed by atoms with Crippen LogP contribution in [0.25, 0.3) is 0 Å². The SMILES string of the molecule is C\C=C/C=C(\C=C(/C)C(=O)O)NC(=O)N(CC)CCCN. The van der Waals surface area contributed by atoms with Crippen molar-refractivity contribution in [2.45, 2.75) is 27.2 Å². The van der Waals surface area contributed by atoms with E-state index in [4.69, 9.17) is 10.8 Å². The average molecular weight is 295 g/mol. The van der Waals surface area contributed by atoms with Gasteiger partial charge in [0.1, 0.15) is 0 Å². The van der Waals surface area contributed by atoms with E-state index >= 15 is 0 Å². The third-order valence-corrected chi connectivity index (χ3v) is 2.73. The van der Waals surface area contributed by atoms with Crippen LogP contribution in [0.4, 0.5) is 4.79 Å². The number of nitrogens with zero attached hydrogens (tertiary/aromatic N) is 1. The summed E-state index contributed by atoms with van der Waals surface area (Å²) in [7, 11) is 0. The highest BCUT2D eigenvalue weighted by Crippen LogP contribution is 2.03. The number of carboxylic acids is 1. The molecular weight excluding hydrogens is 270 g/mol. The molecule has 0 bridgehead atoms. The lowest BCUT2D eigenvalue weighted by Gasteiger charge is -2.21. The van der Waals surface area contributed by atoms with Crippen LogP contribution in [0.1, 0.15) is 27.2 Å². The molecule has 0 spiro atoms. The number of carbonyl (C=O) groups excluding carboxylic acids is 1. The van der Waals surface area contributed by atoms with Gasteiger partial charge in [0, 0.05) is 24.4 Å². The van der Waals surface area contributed by atoms with Crippen LogP contribution < -0.4 is 11.1 Å². The molecule has 0 aliphatic carbocycles. The molecule has 0 rings (SSSR count). The molecule has 0 atom stereocenters. The number of nitrogens with one attached hydrogen (secondary N) is 1. The van der Waals surface area contributed by atoms with Crippen molar-refractivity contribution in [1.29, 1.82) is 0 Å². The van der Waals surface area contributed by atoms with Crippen molar-refractivity contribution in [3.63, 3.8) is 0 Å². The number of aliphatic carboxylic acids is 1. The van der Waals surface area contributed by atoms with Gasteiger partial charge in [-0.2, -0.15) is 0 Å². The number of urea groups is 1. The van der Waals surface area contributed by atoms with Gasteiger partial charge in [0.25, 0.3) is 0 Å². The van der Waals surface area contributed by atoms with Gasteiger partial charge in [-0.15, -0.1) is 0 Å². The Bertz CT molecular complexity index is 439. The number of carbonyl (C=O) groups is 2. The fourth-order valence-electron chi connectivity index (χ4n) is 1.51. The van der Waals surface area contributed by atoms with Crippen molar-refractivity contribution in [3.05, 3.63) is 35.6 Å². The summed E-state index contributed by atoms with van der Waals surface area (Å²) in [5.74, 6) is -1.02. The maximum absolute atomic E-state index is 12.1. The molecular formula is C15H25N3O3. The van der Waals surface area contributed by atoms with E-state index < -0.39 is 5.97 Å². The maximum Gasteiger partial charge on any atom is 0.331 e. The van der Waals surface area contributed by atoms with Crippen molar-refractivity contribution < 1.29 is 14.7 Å². The normalized spacial score (nSPS) is 12.6. The molecule has 0 saturated carbocycles. The molecule has 0 fully saturated rings. The second-order valence-corrected chi connectivity index (χ2v) is 4.43. The minimum atomic E-state index is -1.02. The van der Waals surface area contributed by atoms with E-state index in [0.717, 1.165) is 6.42 Å². The van der Waals surface area contributed by atoms with E-state index in [1.54, 1.807) is 23.1 Å². The summed E-state index contributed by atoms with van der Waals surface area (Å²) in [5, 5.41) is 11.6. The molecule has 0 aliphatic heterocycles. The van der Waals surface area contributed by atoms with Crippen molar-refractivity contribution in [1.82, 2.24) is 10.2 Å². The molecule has 0 saturated heterocycles. The smallest absolute Gasteiger partial charge is 0.331 e. The minimum Gasteiger partial charge on any atom is -0.478 e. The Morgan fingerprint density at radius 1 is 1.38 bits per heavy atom. The summed E-state index contributed by atoms with van der Waals surface area (Å²) in [6.45, 7) is 6.84. The molecule has 4 N–H and O–H groups in total. The van der Waals surface area contributed by atoms with E-state index in [1.165, 1.54) is 13.0 Å². The summed E-state index contributed by atoms with van der Waals surface area (Å²) in [5.41, 5.74) is 6.03. The lowest BCUT2D eigenvalue weighted by atomic mass is 10.2. The van der Waals surface area contributed by atoms with Crippen molar-refractivity contribution in [3.8, 4) is 0 Å². The zero-order valence-electron chi connectivity index (χ0n) is 12.9. The second-order valence-electron chi connectivity index (χ2n) is 4.43. The number of nitrogens with two attached hydrogens (primary N) is 1. The first kappa shape index (κ1) is 18.9. The molecule has 0 unspecified atom stereocenters. The van der Waals surface area contributed by atoms with Gasteiger partial charge < -0.3 is 21.1 Å². The summed E-state index contributed by atoms with van der Waals surface area (Å²) in [6.07, 6.45) is 7.33. The summed E-state index contributed by atoms with van der Waals surface area (Å²) >= 11 is 0. The van der Waals surface area contributed by atoms with Gasteiger partial charge in [-0.3, -0.25) is 0 Å². The quantitative estimate of drug-likeness (QED) is 0.470. The molecule has 0 aromatic rings. The standard InChI is InChI=1S/C15H25N3O3/c1-4-6-8-13(11-12(3)14(19)20)17-15(21)18(5-2)10-7-9-16/h4,6,8,11H,5,7,9-10,16H2,1-3H3,(H,17,21)(H,19,20)/b6-4-,12-11+,13-8+. The van der Waals surface area contributed by atoms with Crippen LogP contribution in [-0.2, 0) is 4.79 Å². The maximum atomic E-state index is 12.1. The zero-order valence-corrected chi connectivity index (χ0v) is 12.9. The van der Waals surface area contributed by atoms with Crippen molar-refractivity contribution in [2.75, 3.05) is 19.6 Å². The number of amides is 2. The topological polar surface area (TPSA) is 95.7 Å². The van der Waals surface area contributed by atoms with Gasteiger partial charge >= 0.3 is 12.0 Å². The molecule has 6 nitrogen and oxygen atoms in total. The van der Waals surface area contributed by atoms with Crippen molar-refractivity contribution >= 4 is 12.0 Å². The highest BCUT2D eigenvalue weighted by molar-refractivity contribution is 5.87. The molecule has 0 aromatic heterocycles. The predicted molar refractivity (Wildman–Crippen MR) is 83.7 cm³/mol. The van der Waals surface area contributed by atoms with Crippen LogP contribution in [0, 0.1) is 0 Å². The van der Waals surface area contributed by atoms with Crippen LogP contribution in [-0.4, -0.2) is 41.6 Å². The third kappa shape index (κ3) is 7.94. The monoisotopic (exact) mass is 295 g/mol. The molecule has 0 heterocycles. The highest BCUT2D eigenvalue weighted by Gasteiger charge is 2.12. The first-order valence-corrected chi connectivity index (χ1v) is 6.96. The predicted octanol–water partition coefficient (Wildman–Crippen LogP) is 1.86. The summed E-state index contributed by atoms with van der Waals surface area (Å²) in [6, 6.07) is -0.267. The minimum absolute atomic E-state index is 0.149. The van der Waals surface area contributed by atoms with E-state index in [2.05, 4.69) is 5.32 Å². The number of carboxylic acid groups (broad SMARTS) is 1. The lowest BCUT2D eigenvalue weighted by molar-refractivity contribution is -0.132. The van der Waals surface area contributed by atoms with Gasteiger partial charge in [0.15, 0.2) is 0 Å². The fourth-order valence-corrected chi connectivity index (χ4v) is 1.51. The molecule has 0 aromatic carbocycles. The molecule has 118 valence electrons. The van der Waals surface area contributed by atoms with E-state index in [1.807, 2.05) is 13.8 Å². The van der Waals surface area contributed by atoms with Gasteiger partial charge in [-0.05, 0) is 45.9 Å². The van der Waals surface area contributed by atoms with Crippen LogP contribution in [0.15, 0.2) is 35.6 Å². The Morgan fingerprint density at radius 2 is 2.05 bits per heavy atom. The number of rotatable bonds is 8. The Hall–Kier alpha value is -2.08. The van der Waals surface area contributed by atoms with E-state index in [9.17, 15) is 9.59 Å². The third-order valence-electron chi connectivity index (χ3n) is 2.73. The van der Waals surface area contributed by atoms with Gasteiger partial charge in [0.05, 0.1) is 0 Å². The fraction of sp³-hybridized carbons (Fsp3) is 0.467. The molecule has 6 heteroatoms. The first-order chi connectivity index (χ1) is 9.96. The van der Waals surface area contributed by atoms with Crippen LogP contribution in [0.2, 0.25) is 0 Å². The van der Waals surface area contributed by atoms with Crippen LogP contribution in [0.3, 0.4) is 0 Å². The summed E-state index contributed by atoms with van der Waals surface area (Å²) in [4.78, 5) is 24.6. The first-order valence-electron chi connectivity index (χ1n) is 6.96. The Morgan fingerprint density at radius 3 is 2.52 bits per heavy atom. The van der Waals surface area contributed by atoms with Gasteiger partial charge in [-0.1, -0.05) is 12.2 Å². The molecule has 0 aliphatic rings. The Labute approximate surface area is 126 Å². The zero-order chi connectivity index (χ0) is 16.3. The number of hydrogen-bond donors (Lipinski definition) is 3. The van der Waals surface area contributed by atoms with Crippen molar-refractivity contribution in [2.24, 2.45) is 5.73 Å². The highest BCUT2D eigenvalue weighted by atomic mass is 16.4. The number of hydrogen-bond acceptors (Lipinski definition) is 3.